The molecule has 0 saturated carbocycles. The largest absolute Gasteiger partial charge is 0.320 e. The lowest BCUT2D eigenvalue weighted by molar-refractivity contribution is -0.110. The Morgan fingerprint density at radius 2 is 1.93 bits per heavy atom. The van der Waals surface area contributed by atoms with Gasteiger partial charge in [-0.15, -0.1) is 0 Å². The predicted molar refractivity (Wildman–Crippen MR) is 106 cm³/mol. The molecule has 2 aromatic rings. The minimum Gasteiger partial charge on any atom is -0.320 e. The fraction of sp³-hybridized carbons (Fsp3) is 0.158. The lowest BCUT2D eigenvalue weighted by Gasteiger charge is -2.08. The molecule has 3 rings (SSSR count). The number of hydrogen-bond donors (Lipinski definition) is 3. The number of nitrogens with one attached hydrogen (secondary N) is 2. The number of rotatable bonds is 5. The van der Waals surface area contributed by atoms with Gasteiger partial charge < -0.3 is 5.32 Å². The van der Waals surface area contributed by atoms with Gasteiger partial charge >= 0.3 is 0 Å². The minimum atomic E-state index is -3.75. The molecule has 0 aliphatic carbocycles. The van der Waals surface area contributed by atoms with Crippen molar-refractivity contribution in [1.82, 2.24) is 0 Å². The van der Waals surface area contributed by atoms with Crippen LogP contribution in [-0.2, 0) is 21.2 Å². The van der Waals surface area contributed by atoms with Crippen LogP contribution in [-0.4, -0.2) is 20.0 Å². The van der Waals surface area contributed by atoms with Crippen molar-refractivity contribution in [3.05, 3.63) is 65.2 Å². The van der Waals surface area contributed by atoms with Crippen LogP contribution in [0.5, 0.6) is 0 Å². The van der Waals surface area contributed by atoms with Crippen molar-refractivity contribution in [2.45, 2.75) is 25.2 Å². The molecule has 0 spiro atoms. The lowest BCUT2D eigenvalue weighted by Crippen LogP contribution is -2.17. The van der Waals surface area contributed by atoms with E-state index in [4.69, 9.17) is 5.14 Å². The van der Waals surface area contributed by atoms with Gasteiger partial charge in [0.25, 0.3) is 5.91 Å². The molecule has 27 heavy (non-hydrogen) atoms. The molecule has 0 atom stereocenters. The van der Waals surface area contributed by atoms with Crippen molar-refractivity contribution in [3.8, 4) is 0 Å². The van der Waals surface area contributed by atoms with Crippen LogP contribution in [0.4, 0.5) is 11.4 Å². The number of sulfonamides is 1. The molecule has 1 aliphatic rings. The Morgan fingerprint density at radius 1 is 1.22 bits per heavy atom. The number of primary sulfonamides is 1. The summed E-state index contributed by atoms with van der Waals surface area (Å²) >= 11 is 0. The fourth-order valence-corrected chi connectivity index (χ4v) is 3.29. The van der Waals surface area contributed by atoms with Crippen LogP contribution in [0.1, 0.15) is 25.0 Å². The Balaban J connectivity index is 1.91. The van der Waals surface area contributed by atoms with E-state index in [1.165, 1.54) is 29.8 Å². The maximum absolute atomic E-state index is 12.4. The number of allylic oxidation sites excluding steroid dienone is 2. The molecule has 8 heteroatoms. The molecule has 140 valence electrons. The normalized spacial score (nSPS) is 15.6. The molecule has 0 fully saturated rings. The van der Waals surface area contributed by atoms with Crippen LogP contribution in [0, 0.1) is 0 Å². The third-order valence-electron chi connectivity index (χ3n) is 4.29. The van der Waals surface area contributed by atoms with Crippen molar-refractivity contribution in [3.63, 3.8) is 0 Å². The summed E-state index contributed by atoms with van der Waals surface area (Å²) in [5.41, 5.74) is 7.34. The summed E-state index contributed by atoms with van der Waals surface area (Å²) in [6.45, 7) is 4.01. The fourth-order valence-electron chi connectivity index (χ4n) is 2.78. The number of anilines is 2. The van der Waals surface area contributed by atoms with Crippen molar-refractivity contribution in [2.75, 3.05) is 10.7 Å². The van der Waals surface area contributed by atoms with Crippen LogP contribution in [0.25, 0.3) is 0 Å². The van der Waals surface area contributed by atoms with Gasteiger partial charge in [0.1, 0.15) is 0 Å². The topological polar surface area (TPSA) is 114 Å². The first-order valence-corrected chi connectivity index (χ1v) is 9.86. The van der Waals surface area contributed by atoms with Gasteiger partial charge in [0.15, 0.2) is 5.71 Å². The zero-order chi connectivity index (χ0) is 19.6. The summed E-state index contributed by atoms with van der Waals surface area (Å²) in [4.78, 5) is 12.4. The van der Waals surface area contributed by atoms with Crippen LogP contribution < -0.4 is 15.9 Å². The Labute approximate surface area is 158 Å². The van der Waals surface area contributed by atoms with Crippen molar-refractivity contribution in [2.24, 2.45) is 10.2 Å². The van der Waals surface area contributed by atoms with Crippen LogP contribution >= 0.6 is 0 Å². The van der Waals surface area contributed by atoms with Gasteiger partial charge in [0.2, 0.25) is 10.0 Å². The highest BCUT2D eigenvalue weighted by Crippen LogP contribution is 2.28. The molecule has 7 nitrogen and oxygen atoms in total. The summed E-state index contributed by atoms with van der Waals surface area (Å²) in [6, 6.07) is 11.5. The summed E-state index contributed by atoms with van der Waals surface area (Å²) in [5.74, 6) is -0.288. The van der Waals surface area contributed by atoms with E-state index in [-0.39, 0.29) is 10.8 Å². The monoisotopic (exact) mass is 384 g/mol. The number of carbonyl (C=O) groups is 1. The number of hydrogen-bond acceptors (Lipinski definition) is 5. The number of amides is 1. The number of hydrazone groups is 1. The third kappa shape index (κ3) is 4.07. The zero-order valence-electron chi connectivity index (χ0n) is 15.0. The van der Waals surface area contributed by atoms with Crippen LogP contribution in [0.15, 0.2) is 64.1 Å². The molecule has 0 bridgehead atoms. The number of benzene rings is 2. The summed E-state index contributed by atoms with van der Waals surface area (Å²) in [5, 5.41) is 12.2. The summed E-state index contributed by atoms with van der Waals surface area (Å²) < 4.78 is 22.6. The molecule has 1 aliphatic heterocycles. The van der Waals surface area contributed by atoms with E-state index in [1.807, 2.05) is 38.1 Å². The van der Waals surface area contributed by atoms with Crippen LogP contribution in [0.3, 0.4) is 0 Å². The van der Waals surface area contributed by atoms with Gasteiger partial charge in [-0.1, -0.05) is 23.8 Å². The molecule has 0 unspecified atom stereocenters. The van der Waals surface area contributed by atoms with E-state index in [0.29, 0.717) is 11.4 Å². The Hall–Kier alpha value is -2.97. The number of carbonyl (C=O) groups excluding carboxylic acids is 1. The highest BCUT2D eigenvalue weighted by atomic mass is 32.2. The van der Waals surface area contributed by atoms with Crippen molar-refractivity contribution < 1.29 is 13.2 Å². The van der Waals surface area contributed by atoms with Gasteiger partial charge in [-0.2, -0.15) is 5.10 Å². The number of nitrogens with two attached hydrogens (primary N) is 1. The van der Waals surface area contributed by atoms with Gasteiger partial charge in [-0.05, 0) is 56.2 Å². The number of fused-ring (bicyclic) bond motifs is 1. The molecule has 4 N–H and O–H groups in total. The van der Waals surface area contributed by atoms with E-state index in [1.54, 1.807) is 0 Å². The van der Waals surface area contributed by atoms with Gasteiger partial charge in [0.05, 0.1) is 16.3 Å². The molecular formula is C19H20N4O3S. The maximum Gasteiger partial charge on any atom is 0.276 e. The highest BCUT2D eigenvalue weighted by Gasteiger charge is 2.28. The average Bonchev–Trinajstić information content (AvgIpc) is 2.95. The first kappa shape index (κ1) is 18.8. The second-order valence-electron chi connectivity index (χ2n) is 6.25. The third-order valence-corrected chi connectivity index (χ3v) is 5.22. The smallest absolute Gasteiger partial charge is 0.276 e. The quantitative estimate of drug-likeness (QED) is 0.543. The second-order valence-corrected chi connectivity index (χ2v) is 7.81. The van der Waals surface area contributed by atoms with Gasteiger partial charge in [-0.3, -0.25) is 10.2 Å². The average molecular weight is 384 g/mol. The molecule has 0 aromatic heterocycles. The molecule has 2 aromatic carbocycles. The van der Waals surface area contributed by atoms with Crippen molar-refractivity contribution in [1.29, 1.82) is 0 Å². The van der Waals surface area contributed by atoms with Crippen LogP contribution in [0.2, 0.25) is 0 Å². The molecule has 1 amide bonds. The molecule has 0 radical (unpaired) electrons. The number of nitrogens with zero attached hydrogens (tertiary/aromatic N) is 1. The second kappa shape index (κ2) is 7.34. The molecule has 1 heterocycles. The predicted octanol–water partition coefficient (Wildman–Crippen LogP) is 2.61. The van der Waals surface area contributed by atoms with Gasteiger partial charge in [-0.25, -0.2) is 13.6 Å². The first-order chi connectivity index (χ1) is 12.8. The van der Waals surface area contributed by atoms with E-state index in [2.05, 4.69) is 15.8 Å². The standard InChI is InChI=1S/C19H20N4O3S/c1-3-12(2)11-13-5-4-6-16-17(13)18(19(24)21-16)23-22-14-7-9-15(10-8-14)27(20,25)26/h3-10,22H,11H2,1-2H3,(H2,20,25,26)(H,21,23,24). The van der Waals surface area contributed by atoms with E-state index in [9.17, 15) is 13.2 Å². The zero-order valence-corrected chi connectivity index (χ0v) is 15.8. The minimum absolute atomic E-state index is 0.00812. The van der Waals surface area contributed by atoms with Crippen molar-refractivity contribution >= 4 is 33.0 Å². The Bertz CT molecular complexity index is 1050. The maximum atomic E-state index is 12.4. The highest BCUT2D eigenvalue weighted by molar-refractivity contribution is 7.89. The lowest BCUT2D eigenvalue weighted by atomic mass is 9.97. The Morgan fingerprint density at radius 3 is 2.56 bits per heavy atom. The van der Waals surface area contributed by atoms with E-state index >= 15 is 0 Å². The molecule has 0 saturated heterocycles. The first-order valence-electron chi connectivity index (χ1n) is 8.31. The van der Waals surface area contributed by atoms with E-state index in [0.717, 1.165) is 23.2 Å². The summed E-state index contributed by atoms with van der Waals surface area (Å²) in [7, 11) is -3.75. The van der Waals surface area contributed by atoms with E-state index < -0.39 is 10.0 Å². The van der Waals surface area contributed by atoms with Gasteiger partial charge in [0, 0.05) is 5.56 Å². The molecular weight excluding hydrogens is 364 g/mol. The SMILES string of the molecule is CC=C(C)Cc1cccc2c1C(=NNc1ccc(S(N)(=O)=O)cc1)C(=O)N2. The Kier molecular flexibility index (Phi) is 5.11. The summed E-state index contributed by atoms with van der Waals surface area (Å²) in [6.07, 6.45) is 2.75.